The zero-order chi connectivity index (χ0) is 13.1. The van der Waals surface area contributed by atoms with E-state index in [1.54, 1.807) is 0 Å². The van der Waals surface area contributed by atoms with Gasteiger partial charge in [-0.25, -0.2) is 0 Å². The number of likely N-dealkylation sites (tertiary alicyclic amines) is 1. The molecule has 1 N–H and O–H groups in total. The Kier molecular flexibility index (Phi) is 5.10. The Hall–Kier alpha value is 0.270. The fourth-order valence-corrected chi connectivity index (χ4v) is 5.01. The summed E-state index contributed by atoms with van der Waals surface area (Å²) in [5.41, 5.74) is 0. The quantitative estimate of drug-likeness (QED) is 0.853. The van der Waals surface area contributed by atoms with Gasteiger partial charge in [0, 0.05) is 24.7 Å². The third kappa shape index (κ3) is 3.68. The van der Waals surface area contributed by atoms with Crippen LogP contribution in [-0.2, 0) is 0 Å². The van der Waals surface area contributed by atoms with Gasteiger partial charge in [-0.15, -0.1) is 0 Å². The predicted molar refractivity (Wildman–Crippen MR) is 84.9 cm³/mol. The normalized spacial score (nSPS) is 33.0. The van der Waals surface area contributed by atoms with E-state index in [2.05, 4.69) is 28.9 Å². The van der Waals surface area contributed by atoms with Crippen molar-refractivity contribution in [2.75, 3.05) is 24.6 Å². The van der Waals surface area contributed by atoms with E-state index in [4.69, 9.17) is 0 Å². The van der Waals surface area contributed by atoms with Gasteiger partial charge in [-0.3, -0.25) is 0 Å². The summed E-state index contributed by atoms with van der Waals surface area (Å²) in [6, 6.07) is 2.47. The summed E-state index contributed by atoms with van der Waals surface area (Å²) in [5, 5.41) is 3.94. The van der Waals surface area contributed by atoms with Gasteiger partial charge in [0.05, 0.1) is 0 Å². The molecule has 0 aromatic carbocycles. The molecular weight excluding hydrogens is 252 g/mol. The first kappa shape index (κ1) is 14.2. The van der Waals surface area contributed by atoms with E-state index >= 15 is 0 Å². The third-order valence-corrected chi connectivity index (χ3v) is 6.56. The van der Waals surface area contributed by atoms with Crippen molar-refractivity contribution >= 4 is 11.8 Å². The smallest absolute Gasteiger partial charge is 0.00954 e. The van der Waals surface area contributed by atoms with Crippen LogP contribution in [0.5, 0.6) is 0 Å². The molecule has 0 bridgehead atoms. The maximum absolute atomic E-state index is 3.94. The number of piperidine rings is 1. The van der Waals surface area contributed by atoms with Gasteiger partial charge in [-0.2, -0.15) is 11.8 Å². The van der Waals surface area contributed by atoms with Crippen molar-refractivity contribution in [2.45, 2.75) is 70.0 Å². The highest BCUT2D eigenvalue weighted by molar-refractivity contribution is 7.99. The van der Waals surface area contributed by atoms with Gasteiger partial charge in [0.2, 0.25) is 0 Å². The largest absolute Gasteiger partial charge is 0.311 e. The predicted octanol–water partition coefficient (Wildman–Crippen LogP) is 3.12. The molecule has 2 atom stereocenters. The van der Waals surface area contributed by atoms with Crippen LogP contribution < -0.4 is 5.32 Å². The second kappa shape index (κ2) is 6.82. The van der Waals surface area contributed by atoms with Crippen LogP contribution in [0.25, 0.3) is 0 Å². The molecule has 0 aromatic rings. The first-order valence-corrected chi connectivity index (χ1v) is 9.56. The van der Waals surface area contributed by atoms with Crippen LogP contribution in [0.4, 0.5) is 0 Å². The molecule has 0 aromatic heterocycles. The van der Waals surface area contributed by atoms with Crippen molar-refractivity contribution < 1.29 is 0 Å². The summed E-state index contributed by atoms with van der Waals surface area (Å²) in [5.74, 6) is 3.62. The second-order valence-corrected chi connectivity index (χ2v) is 8.05. The number of nitrogens with zero attached hydrogens (tertiary/aromatic N) is 1. The average Bonchev–Trinajstić information content (AvgIpc) is 2.38. The summed E-state index contributed by atoms with van der Waals surface area (Å²) in [6.45, 7) is 5.17. The van der Waals surface area contributed by atoms with Crippen LogP contribution in [0.1, 0.15) is 51.9 Å². The van der Waals surface area contributed by atoms with Crippen LogP contribution in [0, 0.1) is 5.92 Å². The van der Waals surface area contributed by atoms with E-state index in [-0.39, 0.29) is 0 Å². The molecular formula is C16H30N2S. The molecule has 1 aliphatic carbocycles. The van der Waals surface area contributed by atoms with Gasteiger partial charge in [0.25, 0.3) is 0 Å². The average molecular weight is 282 g/mol. The van der Waals surface area contributed by atoms with Crippen LogP contribution in [0.3, 0.4) is 0 Å². The van der Waals surface area contributed by atoms with Gasteiger partial charge in [-0.05, 0) is 69.4 Å². The van der Waals surface area contributed by atoms with Crippen molar-refractivity contribution in [1.29, 1.82) is 0 Å². The molecule has 19 heavy (non-hydrogen) atoms. The Morgan fingerprint density at radius 2 is 1.84 bits per heavy atom. The fourth-order valence-electron chi connectivity index (χ4n) is 3.90. The standard InChI is InChI=1S/C16H30N2S/c1-13(17-15-7-10-19-11-8-15)14-4-3-9-18(12-14)16-5-2-6-16/h13-17H,2-12H2,1H3/t13-,14-/m1/s1. The third-order valence-electron chi connectivity index (χ3n) is 5.51. The van der Waals surface area contributed by atoms with E-state index in [9.17, 15) is 0 Å². The molecule has 0 spiro atoms. The first-order chi connectivity index (χ1) is 9.33. The molecule has 1 saturated carbocycles. The summed E-state index contributed by atoms with van der Waals surface area (Å²) >= 11 is 2.13. The van der Waals surface area contributed by atoms with E-state index in [0.29, 0.717) is 0 Å². The van der Waals surface area contributed by atoms with Crippen LogP contribution >= 0.6 is 11.8 Å². The summed E-state index contributed by atoms with van der Waals surface area (Å²) in [7, 11) is 0. The SMILES string of the molecule is C[C@@H](NC1CCSCC1)[C@@H]1CCCN(C2CCC2)C1. The zero-order valence-electron chi connectivity index (χ0n) is 12.4. The highest BCUT2D eigenvalue weighted by atomic mass is 32.2. The van der Waals surface area contributed by atoms with E-state index in [0.717, 1.165) is 24.0 Å². The van der Waals surface area contributed by atoms with Crippen molar-refractivity contribution in [2.24, 2.45) is 5.92 Å². The molecule has 3 heteroatoms. The van der Waals surface area contributed by atoms with Crippen LogP contribution in [-0.4, -0.2) is 47.6 Å². The molecule has 0 radical (unpaired) electrons. The zero-order valence-corrected chi connectivity index (χ0v) is 13.3. The summed E-state index contributed by atoms with van der Waals surface area (Å²) in [6.07, 6.45) is 10.0. The fraction of sp³-hybridized carbons (Fsp3) is 1.00. The van der Waals surface area contributed by atoms with Gasteiger partial charge < -0.3 is 10.2 Å². The van der Waals surface area contributed by atoms with E-state index in [1.807, 2.05) is 0 Å². The lowest BCUT2D eigenvalue weighted by Crippen LogP contribution is -2.51. The molecule has 0 unspecified atom stereocenters. The molecule has 0 amide bonds. The van der Waals surface area contributed by atoms with Gasteiger partial charge >= 0.3 is 0 Å². The summed E-state index contributed by atoms with van der Waals surface area (Å²) < 4.78 is 0. The van der Waals surface area contributed by atoms with Crippen molar-refractivity contribution in [3.05, 3.63) is 0 Å². The number of nitrogens with one attached hydrogen (secondary N) is 1. The Bertz CT molecular complexity index is 274. The van der Waals surface area contributed by atoms with Crippen molar-refractivity contribution in [3.63, 3.8) is 0 Å². The minimum Gasteiger partial charge on any atom is -0.311 e. The first-order valence-electron chi connectivity index (χ1n) is 8.41. The monoisotopic (exact) mass is 282 g/mol. The van der Waals surface area contributed by atoms with E-state index < -0.39 is 0 Å². The Morgan fingerprint density at radius 1 is 1.05 bits per heavy atom. The Balaban J connectivity index is 1.46. The lowest BCUT2D eigenvalue weighted by molar-refractivity contribution is 0.0650. The number of thioether (sulfide) groups is 1. The lowest BCUT2D eigenvalue weighted by atomic mass is 9.85. The second-order valence-electron chi connectivity index (χ2n) is 6.82. The highest BCUT2D eigenvalue weighted by Gasteiger charge is 2.32. The maximum atomic E-state index is 3.94. The molecule has 2 heterocycles. The molecule has 3 aliphatic rings. The molecule has 3 rings (SSSR count). The molecule has 2 aliphatic heterocycles. The molecule has 2 saturated heterocycles. The minimum atomic E-state index is 0.718. The van der Waals surface area contributed by atoms with Crippen LogP contribution in [0.15, 0.2) is 0 Å². The Morgan fingerprint density at radius 3 is 2.53 bits per heavy atom. The Labute approximate surface area is 123 Å². The highest BCUT2D eigenvalue weighted by Crippen LogP contribution is 2.30. The van der Waals surface area contributed by atoms with Gasteiger partial charge in [0.15, 0.2) is 0 Å². The molecule has 2 nitrogen and oxygen atoms in total. The molecule has 3 fully saturated rings. The lowest BCUT2D eigenvalue weighted by Gasteiger charge is -2.44. The topological polar surface area (TPSA) is 15.3 Å². The minimum absolute atomic E-state index is 0.718. The van der Waals surface area contributed by atoms with Crippen molar-refractivity contribution in [1.82, 2.24) is 10.2 Å². The van der Waals surface area contributed by atoms with E-state index in [1.165, 1.54) is 69.5 Å². The number of hydrogen-bond acceptors (Lipinski definition) is 3. The summed E-state index contributed by atoms with van der Waals surface area (Å²) in [4.78, 5) is 2.80. The number of rotatable bonds is 4. The van der Waals surface area contributed by atoms with Gasteiger partial charge in [-0.1, -0.05) is 6.42 Å². The van der Waals surface area contributed by atoms with Gasteiger partial charge in [0.1, 0.15) is 0 Å². The van der Waals surface area contributed by atoms with Crippen molar-refractivity contribution in [3.8, 4) is 0 Å². The molecule has 110 valence electrons. The maximum Gasteiger partial charge on any atom is 0.00954 e. The van der Waals surface area contributed by atoms with Crippen LogP contribution in [0.2, 0.25) is 0 Å². The number of hydrogen-bond donors (Lipinski definition) is 1.